The standard InChI is InChI=1S/4GeH3.Si/h4*1H3;. The fourth-order valence-electron chi connectivity index (χ4n) is 0. The van der Waals surface area contributed by atoms with Crippen LogP contribution in [0.3, 0.4) is 0 Å². The first-order chi connectivity index (χ1) is 0. The predicted octanol–water partition coefficient (Wildman–Crippen LogP) is -5.12. The summed E-state index contributed by atoms with van der Waals surface area (Å²) >= 11 is 0. The maximum absolute atomic E-state index is 0. The molecule has 0 aromatic rings. The van der Waals surface area contributed by atoms with Crippen molar-refractivity contribution in [3.63, 3.8) is 0 Å². The van der Waals surface area contributed by atoms with Crippen molar-refractivity contribution in [1.29, 1.82) is 0 Å². The van der Waals surface area contributed by atoms with Gasteiger partial charge in [-0.05, 0) is 0 Å². The summed E-state index contributed by atoms with van der Waals surface area (Å²) in [6.07, 6.45) is 0. The summed E-state index contributed by atoms with van der Waals surface area (Å²) < 4.78 is 0. The molecule has 0 spiro atoms. The molecule has 0 atom stereocenters. The first kappa shape index (κ1) is 52.9. The minimum atomic E-state index is 0. The molecule has 8 radical (unpaired) electrons. The smallest absolute Gasteiger partial charge is 0 e. The Morgan fingerprint density at radius 1 is 0.400 bits per heavy atom. The summed E-state index contributed by atoms with van der Waals surface area (Å²) in [5, 5.41) is 0. The topological polar surface area (TPSA) is 0 Å². The summed E-state index contributed by atoms with van der Waals surface area (Å²) in [4.78, 5) is 0. The molecule has 0 aliphatic rings. The molecule has 0 N–H and O–H groups in total. The maximum atomic E-state index is 0. The van der Waals surface area contributed by atoms with Gasteiger partial charge in [-0.15, -0.1) is 0 Å². The quantitative estimate of drug-likeness (QED) is 0.390. The molecule has 5 heavy (non-hydrogen) atoms. The first-order valence-corrected chi connectivity index (χ1v) is 0. The van der Waals surface area contributed by atoms with Crippen LogP contribution in [0.25, 0.3) is 0 Å². The van der Waals surface area contributed by atoms with Crippen LogP contribution in [0.4, 0.5) is 0 Å². The van der Waals surface area contributed by atoms with Gasteiger partial charge in [0.1, 0.15) is 0 Å². The monoisotopic (exact) mass is 336 g/mol. The average Bonchev–Trinajstić information content (AvgIpc) is 0. The molecule has 0 bridgehead atoms. The van der Waals surface area contributed by atoms with E-state index in [0.29, 0.717) is 0 Å². The molecule has 0 fully saturated rings. The number of hydrogen-bond acceptors (Lipinski definition) is 0. The molecule has 0 aromatic heterocycles. The predicted molar refractivity (Wildman–Crippen MR) is 45.5 cm³/mol. The van der Waals surface area contributed by atoms with Crippen LogP contribution in [0.5, 0.6) is 0 Å². The molecule has 0 saturated heterocycles. The fraction of sp³-hybridized carbons (Fsp3) is 0. The van der Waals surface area contributed by atoms with Crippen molar-refractivity contribution < 1.29 is 0 Å². The minimum Gasteiger partial charge on any atom is 0 e. The van der Waals surface area contributed by atoms with Crippen molar-refractivity contribution in [2.45, 2.75) is 0 Å². The van der Waals surface area contributed by atoms with Crippen molar-refractivity contribution in [3.05, 3.63) is 0 Å². The molecule has 0 aliphatic carbocycles. The van der Waals surface area contributed by atoms with Crippen LogP contribution >= 0.6 is 0 Å². The van der Waals surface area contributed by atoms with Gasteiger partial charge in [0.15, 0.2) is 0 Å². The minimum absolute atomic E-state index is 0. The molecule has 0 unspecified atom stereocenters. The zero-order chi connectivity index (χ0) is 0. The van der Waals surface area contributed by atoms with Crippen LogP contribution in [-0.2, 0) is 0 Å². The maximum Gasteiger partial charge on any atom is 0 e. The van der Waals surface area contributed by atoms with E-state index in [2.05, 4.69) is 0 Å². The van der Waals surface area contributed by atoms with Crippen molar-refractivity contribution in [2.75, 3.05) is 0 Å². The zero-order valence-electron chi connectivity index (χ0n) is 4.50. The van der Waals surface area contributed by atoms with Crippen LogP contribution in [0.1, 0.15) is 0 Å². The van der Waals surface area contributed by atoms with Gasteiger partial charge in [-0.1, -0.05) is 0 Å². The molecule has 0 heterocycles. The molecule has 32 valence electrons. The van der Waals surface area contributed by atoms with Crippen molar-refractivity contribution >= 4 is 81.4 Å². The first-order valence-electron chi connectivity index (χ1n) is 0. The van der Waals surface area contributed by atoms with Gasteiger partial charge < -0.3 is 0 Å². The van der Waals surface area contributed by atoms with E-state index >= 15 is 0 Å². The third-order valence-corrected chi connectivity index (χ3v) is 0. The van der Waals surface area contributed by atoms with Gasteiger partial charge in [-0.3, -0.25) is 0 Å². The Morgan fingerprint density at radius 2 is 0.400 bits per heavy atom. The number of rotatable bonds is 0. The molecule has 0 rings (SSSR count). The average molecular weight is 331 g/mol. The molecule has 0 aliphatic heterocycles. The molecule has 0 amide bonds. The Hall–Kier alpha value is 2.39. The molecule has 5 heteroatoms. The van der Waals surface area contributed by atoms with Gasteiger partial charge in [-0.25, -0.2) is 0 Å². The molecular weight excluding hydrogens is 319 g/mol. The second-order valence-electron chi connectivity index (χ2n) is 0. The largest absolute Gasteiger partial charge is 0 e. The van der Waals surface area contributed by atoms with Crippen LogP contribution in [0, 0.1) is 0 Å². The molecular formula is H12Ge4Si. The molecule has 0 saturated carbocycles. The van der Waals surface area contributed by atoms with Gasteiger partial charge >= 0.3 is 70.4 Å². The van der Waals surface area contributed by atoms with Crippen molar-refractivity contribution in [3.8, 4) is 0 Å². The summed E-state index contributed by atoms with van der Waals surface area (Å²) in [7, 11) is 0. The SMILES string of the molecule is [GeH3].[GeH3].[GeH3].[GeH3].[Si]. The third kappa shape index (κ3) is 21.6. The summed E-state index contributed by atoms with van der Waals surface area (Å²) in [6.45, 7) is 0. The van der Waals surface area contributed by atoms with E-state index in [1.54, 1.807) is 0 Å². The summed E-state index contributed by atoms with van der Waals surface area (Å²) in [5.41, 5.74) is 0. The second-order valence-corrected chi connectivity index (χ2v) is 0. The Bertz CT molecular complexity index is 3.61. The Kier molecular flexibility index (Phi) is 344. The van der Waals surface area contributed by atoms with E-state index in [9.17, 15) is 0 Å². The number of hydrogen-bond donors (Lipinski definition) is 0. The summed E-state index contributed by atoms with van der Waals surface area (Å²) in [5.74, 6) is 0. The third-order valence-electron chi connectivity index (χ3n) is 0. The van der Waals surface area contributed by atoms with E-state index in [0.717, 1.165) is 0 Å². The Morgan fingerprint density at radius 3 is 0.400 bits per heavy atom. The second kappa shape index (κ2) is 32.5. The van der Waals surface area contributed by atoms with Crippen molar-refractivity contribution in [1.82, 2.24) is 0 Å². The van der Waals surface area contributed by atoms with Crippen LogP contribution in [0.2, 0.25) is 0 Å². The fourth-order valence-corrected chi connectivity index (χ4v) is 0. The van der Waals surface area contributed by atoms with E-state index in [1.807, 2.05) is 0 Å². The molecule has 0 aromatic carbocycles. The van der Waals surface area contributed by atoms with Gasteiger partial charge in [0.25, 0.3) is 0 Å². The van der Waals surface area contributed by atoms with Crippen LogP contribution < -0.4 is 0 Å². The zero-order valence-corrected chi connectivity index (χ0v) is 22.3. The van der Waals surface area contributed by atoms with E-state index < -0.39 is 0 Å². The normalized spacial score (nSPS) is 0. The van der Waals surface area contributed by atoms with Gasteiger partial charge in [0, 0.05) is 11.0 Å². The van der Waals surface area contributed by atoms with E-state index in [-0.39, 0.29) is 81.4 Å². The van der Waals surface area contributed by atoms with Gasteiger partial charge in [0.05, 0.1) is 0 Å². The van der Waals surface area contributed by atoms with Gasteiger partial charge in [-0.2, -0.15) is 0 Å². The van der Waals surface area contributed by atoms with Crippen LogP contribution in [-0.4, -0.2) is 81.4 Å². The Labute approximate surface area is 80.5 Å². The van der Waals surface area contributed by atoms with E-state index in [4.69, 9.17) is 0 Å². The molecule has 0 nitrogen and oxygen atoms in total. The van der Waals surface area contributed by atoms with E-state index in [1.165, 1.54) is 0 Å². The van der Waals surface area contributed by atoms with Crippen molar-refractivity contribution in [2.24, 2.45) is 0 Å². The summed E-state index contributed by atoms with van der Waals surface area (Å²) in [6, 6.07) is 0. The van der Waals surface area contributed by atoms with Crippen LogP contribution in [0.15, 0.2) is 0 Å². The van der Waals surface area contributed by atoms with Gasteiger partial charge in [0.2, 0.25) is 0 Å². The Balaban J connectivity index is 0.